The summed E-state index contributed by atoms with van der Waals surface area (Å²) < 4.78 is 27.4. The van der Waals surface area contributed by atoms with Gasteiger partial charge in [0, 0.05) is 42.1 Å². The second-order valence-corrected chi connectivity index (χ2v) is 8.59. The summed E-state index contributed by atoms with van der Waals surface area (Å²) in [5.74, 6) is -0.226. The molecule has 1 N–H and O–H groups in total. The van der Waals surface area contributed by atoms with Gasteiger partial charge in [-0.25, -0.2) is 8.42 Å². The molecule has 1 unspecified atom stereocenters. The molecule has 0 bridgehead atoms. The number of halogens is 1. The second kappa shape index (κ2) is 7.73. The van der Waals surface area contributed by atoms with Crippen molar-refractivity contribution < 1.29 is 13.2 Å². The zero-order valence-corrected chi connectivity index (χ0v) is 15.9. The van der Waals surface area contributed by atoms with Crippen LogP contribution in [-0.4, -0.2) is 42.7 Å². The smallest absolute Gasteiger partial charge is 0.251 e. The highest BCUT2D eigenvalue weighted by Crippen LogP contribution is 2.27. The first-order valence-corrected chi connectivity index (χ1v) is 10.2. The fourth-order valence-electron chi connectivity index (χ4n) is 3.06. The Balaban J connectivity index is 1.76. The molecular formula is C18H20ClN3O3S. The molecule has 0 radical (unpaired) electrons. The number of benzene rings is 1. The van der Waals surface area contributed by atoms with Gasteiger partial charge in [0.15, 0.2) is 0 Å². The summed E-state index contributed by atoms with van der Waals surface area (Å²) in [4.78, 5) is 16.4. The van der Waals surface area contributed by atoms with Crippen LogP contribution < -0.4 is 5.32 Å². The van der Waals surface area contributed by atoms with Crippen molar-refractivity contribution in [1.82, 2.24) is 14.6 Å². The van der Waals surface area contributed by atoms with Crippen molar-refractivity contribution >= 4 is 27.5 Å². The lowest BCUT2D eigenvalue weighted by Gasteiger charge is -2.32. The van der Waals surface area contributed by atoms with Crippen molar-refractivity contribution in [2.45, 2.75) is 30.7 Å². The van der Waals surface area contributed by atoms with Crippen LogP contribution in [0.4, 0.5) is 0 Å². The van der Waals surface area contributed by atoms with E-state index >= 15 is 0 Å². The molecule has 1 aliphatic rings. The van der Waals surface area contributed by atoms with Gasteiger partial charge in [-0.1, -0.05) is 17.7 Å². The van der Waals surface area contributed by atoms with Crippen LogP contribution in [0.25, 0.3) is 0 Å². The van der Waals surface area contributed by atoms with E-state index in [9.17, 15) is 13.2 Å². The van der Waals surface area contributed by atoms with Crippen LogP contribution in [-0.2, 0) is 10.0 Å². The summed E-state index contributed by atoms with van der Waals surface area (Å²) in [6.45, 7) is 2.36. The van der Waals surface area contributed by atoms with Gasteiger partial charge in [-0.2, -0.15) is 4.31 Å². The van der Waals surface area contributed by atoms with Gasteiger partial charge in [0.1, 0.15) is 0 Å². The number of sulfonamides is 1. The SMILES string of the molecule is Cc1c(Cl)cccc1S(=O)(=O)N1CCCC(NC(=O)c2ccncc2)C1. The molecule has 3 rings (SSSR count). The highest BCUT2D eigenvalue weighted by molar-refractivity contribution is 7.89. The van der Waals surface area contributed by atoms with Crippen LogP contribution >= 0.6 is 11.6 Å². The van der Waals surface area contributed by atoms with Crippen molar-refractivity contribution in [3.63, 3.8) is 0 Å². The number of pyridine rings is 1. The first-order valence-electron chi connectivity index (χ1n) is 8.36. The maximum atomic E-state index is 13.0. The zero-order valence-electron chi connectivity index (χ0n) is 14.4. The van der Waals surface area contributed by atoms with E-state index in [1.165, 1.54) is 4.31 Å². The quantitative estimate of drug-likeness (QED) is 0.865. The van der Waals surface area contributed by atoms with Gasteiger partial charge in [-0.15, -0.1) is 0 Å². The van der Waals surface area contributed by atoms with Gasteiger partial charge < -0.3 is 5.32 Å². The van der Waals surface area contributed by atoms with Crippen LogP contribution in [0.2, 0.25) is 5.02 Å². The highest BCUT2D eigenvalue weighted by atomic mass is 35.5. The van der Waals surface area contributed by atoms with E-state index in [1.54, 1.807) is 49.6 Å². The molecular weight excluding hydrogens is 374 g/mol. The van der Waals surface area contributed by atoms with Crippen LogP contribution in [0, 0.1) is 6.92 Å². The van der Waals surface area contributed by atoms with Crippen LogP contribution in [0.15, 0.2) is 47.6 Å². The Hall–Kier alpha value is -1.96. The number of hydrogen-bond acceptors (Lipinski definition) is 4. The number of piperidine rings is 1. The van der Waals surface area contributed by atoms with Crippen LogP contribution in [0.3, 0.4) is 0 Å². The molecule has 0 spiro atoms. The molecule has 1 atom stereocenters. The molecule has 1 aliphatic heterocycles. The third-order valence-corrected chi connectivity index (χ3v) is 6.92. The summed E-state index contributed by atoms with van der Waals surface area (Å²) in [5, 5.41) is 3.34. The second-order valence-electron chi connectivity index (χ2n) is 6.27. The van der Waals surface area contributed by atoms with E-state index in [-0.39, 0.29) is 23.4 Å². The number of carbonyl (C=O) groups is 1. The van der Waals surface area contributed by atoms with Crippen molar-refractivity contribution in [3.05, 3.63) is 58.9 Å². The van der Waals surface area contributed by atoms with Crippen LogP contribution in [0.5, 0.6) is 0 Å². The molecule has 1 fully saturated rings. The number of nitrogens with one attached hydrogen (secondary N) is 1. The summed E-state index contributed by atoms with van der Waals surface area (Å²) in [5.41, 5.74) is 1.04. The van der Waals surface area contributed by atoms with Crippen molar-refractivity contribution in [2.75, 3.05) is 13.1 Å². The van der Waals surface area contributed by atoms with Crippen molar-refractivity contribution in [1.29, 1.82) is 0 Å². The molecule has 1 aromatic carbocycles. The summed E-state index contributed by atoms with van der Waals surface area (Å²) >= 11 is 6.08. The first-order chi connectivity index (χ1) is 12.4. The molecule has 1 aromatic heterocycles. The topological polar surface area (TPSA) is 79.4 Å². The average molecular weight is 394 g/mol. The fraction of sp³-hybridized carbons (Fsp3) is 0.333. The lowest BCUT2D eigenvalue weighted by Crippen LogP contribution is -2.49. The Kier molecular flexibility index (Phi) is 5.60. The lowest BCUT2D eigenvalue weighted by atomic mass is 10.1. The molecule has 1 amide bonds. The number of hydrogen-bond donors (Lipinski definition) is 1. The van der Waals surface area contributed by atoms with Crippen molar-refractivity contribution in [2.24, 2.45) is 0 Å². The molecule has 1 saturated heterocycles. The van der Waals surface area contributed by atoms with Gasteiger partial charge in [0.2, 0.25) is 10.0 Å². The first kappa shape index (κ1) is 18.8. The van der Waals surface area contributed by atoms with Crippen molar-refractivity contribution in [3.8, 4) is 0 Å². The molecule has 0 aliphatic carbocycles. The summed E-state index contributed by atoms with van der Waals surface area (Å²) in [6, 6.07) is 7.89. The minimum Gasteiger partial charge on any atom is -0.348 e. The number of carbonyl (C=O) groups excluding carboxylic acids is 1. The Morgan fingerprint density at radius 2 is 2.00 bits per heavy atom. The molecule has 8 heteroatoms. The van der Waals surface area contributed by atoms with E-state index in [0.717, 1.165) is 6.42 Å². The third kappa shape index (κ3) is 3.90. The normalized spacial score (nSPS) is 18.5. The number of amides is 1. The molecule has 0 saturated carbocycles. The molecule has 26 heavy (non-hydrogen) atoms. The van der Waals surface area contributed by atoms with E-state index in [0.29, 0.717) is 29.1 Å². The Bertz CT molecular complexity index is 903. The molecule has 6 nitrogen and oxygen atoms in total. The van der Waals surface area contributed by atoms with Gasteiger partial charge in [0.25, 0.3) is 5.91 Å². The predicted molar refractivity (Wildman–Crippen MR) is 99.7 cm³/mol. The lowest BCUT2D eigenvalue weighted by molar-refractivity contribution is 0.0921. The van der Waals surface area contributed by atoms with E-state index in [2.05, 4.69) is 10.3 Å². The Morgan fingerprint density at radius 3 is 2.73 bits per heavy atom. The fourth-order valence-corrected chi connectivity index (χ4v) is 5.06. The predicted octanol–water partition coefficient (Wildman–Crippen LogP) is 2.63. The maximum Gasteiger partial charge on any atom is 0.251 e. The monoisotopic (exact) mass is 393 g/mol. The van der Waals surface area contributed by atoms with Gasteiger partial charge >= 0.3 is 0 Å². The number of aromatic nitrogens is 1. The number of nitrogens with zero attached hydrogens (tertiary/aromatic N) is 2. The average Bonchev–Trinajstić information content (AvgIpc) is 2.65. The van der Waals surface area contributed by atoms with E-state index < -0.39 is 10.0 Å². The number of rotatable bonds is 4. The van der Waals surface area contributed by atoms with E-state index in [1.807, 2.05) is 0 Å². The van der Waals surface area contributed by atoms with Gasteiger partial charge in [-0.3, -0.25) is 9.78 Å². The standard InChI is InChI=1S/C18H20ClN3O3S/c1-13-16(19)5-2-6-17(13)26(24,25)22-11-3-4-15(12-22)21-18(23)14-7-9-20-10-8-14/h2,5-10,15H,3-4,11-12H2,1H3,(H,21,23). The highest BCUT2D eigenvalue weighted by Gasteiger charge is 2.32. The molecule has 138 valence electrons. The molecule has 2 heterocycles. The Labute approximate surface area is 158 Å². The minimum atomic E-state index is -3.66. The summed E-state index contributed by atoms with van der Waals surface area (Å²) in [6.07, 6.45) is 4.51. The zero-order chi connectivity index (χ0) is 18.7. The van der Waals surface area contributed by atoms with Gasteiger partial charge in [0.05, 0.1) is 4.90 Å². The van der Waals surface area contributed by atoms with Crippen LogP contribution in [0.1, 0.15) is 28.8 Å². The third-order valence-electron chi connectivity index (χ3n) is 4.50. The maximum absolute atomic E-state index is 13.0. The Morgan fingerprint density at radius 1 is 1.27 bits per heavy atom. The largest absolute Gasteiger partial charge is 0.348 e. The van der Waals surface area contributed by atoms with Gasteiger partial charge in [-0.05, 0) is 49.6 Å². The molecule has 2 aromatic rings. The minimum absolute atomic E-state index is 0.214. The summed E-state index contributed by atoms with van der Waals surface area (Å²) in [7, 11) is -3.66. The van der Waals surface area contributed by atoms with E-state index in [4.69, 9.17) is 11.6 Å².